The van der Waals surface area contributed by atoms with Gasteiger partial charge in [0.05, 0.1) is 5.56 Å². The highest BCUT2D eigenvalue weighted by Crippen LogP contribution is 2.09. The Hall–Kier alpha value is -2.55. The molecule has 9 nitrogen and oxygen atoms in total. The summed E-state index contributed by atoms with van der Waals surface area (Å²) in [5, 5.41) is 16.9. The van der Waals surface area contributed by atoms with E-state index in [1.54, 1.807) is 36.5 Å². The SMILES string of the molecule is CN(CC(=O)O)C(=O)C[n+]1ccc(-c2ncn(C)n2)cn1.[Cl-]. The maximum atomic E-state index is 11.8. The van der Waals surface area contributed by atoms with E-state index >= 15 is 0 Å². The molecule has 0 saturated carbocycles. The van der Waals surface area contributed by atoms with Gasteiger partial charge in [0.15, 0.2) is 12.0 Å². The van der Waals surface area contributed by atoms with Crippen LogP contribution in [0.2, 0.25) is 0 Å². The lowest BCUT2D eigenvalue weighted by atomic mass is 10.3. The molecular weight excluding hydrogens is 312 g/mol. The van der Waals surface area contributed by atoms with Gasteiger partial charge in [-0.05, 0) is 5.10 Å². The molecule has 10 heteroatoms. The van der Waals surface area contributed by atoms with Crippen molar-refractivity contribution < 1.29 is 31.8 Å². The van der Waals surface area contributed by atoms with E-state index in [1.807, 2.05) is 0 Å². The van der Waals surface area contributed by atoms with E-state index in [1.165, 1.54) is 11.7 Å². The average Bonchev–Trinajstić information content (AvgIpc) is 2.85. The maximum absolute atomic E-state index is 11.8. The molecule has 0 aliphatic rings. The van der Waals surface area contributed by atoms with Gasteiger partial charge in [0.1, 0.15) is 19.1 Å². The fourth-order valence-corrected chi connectivity index (χ4v) is 1.63. The Morgan fingerprint density at radius 1 is 1.45 bits per heavy atom. The molecule has 0 unspecified atom stereocenters. The van der Waals surface area contributed by atoms with Crippen LogP contribution in [0.15, 0.2) is 24.8 Å². The van der Waals surface area contributed by atoms with Gasteiger partial charge < -0.3 is 22.4 Å². The van der Waals surface area contributed by atoms with Crippen LogP contribution in [0.5, 0.6) is 0 Å². The molecule has 0 aliphatic carbocycles. The van der Waals surface area contributed by atoms with E-state index in [4.69, 9.17) is 5.11 Å². The number of amides is 1. The van der Waals surface area contributed by atoms with Crippen molar-refractivity contribution in [3.8, 4) is 11.4 Å². The largest absolute Gasteiger partial charge is 1.00 e. The van der Waals surface area contributed by atoms with Gasteiger partial charge in [0.25, 0.3) is 12.5 Å². The van der Waals surface area contributed by atoms with Gasteiger partial charge >= 0.3 is 5.97 Å². The third-order valence-corrected chi connectivity index (χ3v) is 2.72. The highest BCUT2D eigenvalue weighted by molar-refractivity contribution is 5.80. The first kappa shape index (κ1) is 17.5. The van der Waals surface area contributed by atoms with Crippen molar-refractivity contribution >= 4 is 11.9 Å². The number of aliphatic carboxylic acids is 1. The van der Waals surface area contributed by atoms with Crippen molar-refractivity contribution in [2.75, 3.05) is 13.6 Å². The molecule has 0 radical (unpaired) electrons. The van der Waals surface area contributed by atoms with Gasteiger partial charge in [-0.15, -0.1) is 0 Å². The predicted octanol–water partition coefficient (Wildman–Crippen LogP) is -4.29. The summed E-state index contributed by atoms with van der Waals surface area (Å²) < 4.78 is 3.01. The smallest absolute Gasteiger partial charge is 0.323 e. The molecule has 2 rings (SSSR count). The summed E-state index contributed by atoms with van der Waals surface area (Å²) in [5.41, 5.74) is 0.734. The molecule has 118 valence electrons. The Kier molecular flexibility index (Phi) is 5.93. The number of carboxylic acid groups (broad SMARTS) is 1. The fraction of sp³-hybridized carbons (Fsp3) is 0.333. The third-order valence-electron chi connectivity index (χ3n) is 2.72. The topological polar surface area (TPSA) is 105 Å². The number of hydrogen-bond acceptors (Lipinski definition) is 5. The van der Waals surface area contributed by atoms with Gasteiger partial charge in [0, 0.05) is 20.2 Å². The molecule has 0 fully saturated rings. The lowest BCUT2D eigenvalue weighted by Crippen LogP contribution is -3.00. The van der Waals surface area contributed by atoms with Crippen molar-refractivity contribution in [2.24, 2.45) is 7.05 Å². The van der Waals surface area contributed by atoms with Gasteiger partial charge in [-0.2, -0.15) is 5.10 Å². The van der Waals surface area contributed by atoms with Crippen LogP contribution in [0.4, 0.5) is 0 Å². The minimum atomic E-state index is -1.06. The lowest BCUT2D eigenvalue weighted by Gasteiger charge is -2.11. The van der Waals surface area contributed by atoms with E-state index in [-0.39, 0.29) is 31.4 Å². The van der Waals surface area contributed by atoms with E-state index in [2.05, 4.69) is 15.2 Å². The Bertz CT molecular complexity index is 657. The van der Waals surface area contributed by atoms with Gasteiger partial charge in [-0.25, -0.2) is 4.98 Å². The van der Waals surface area contributed by atoms with Crippen LogP contribution in [-0.4, -0.2) is 55.3 Å². The summed E-state index contributed by atoms with van der Waals surface area (Å²) in [6.45, 7) is -0.366. The quantitative estimate of drug-likeness (QED) is 0.558. The number of rotatable bonds is 5. The molecule has 2 aromatic rings. The molecule has 0 spiro atoms. The highest BCUT2D eigenvalue weighted by atomic mass is 35.5. The van der Waals surface area contributed by atoms with Crippen molar-refractivity contribution in [1.29, 1.82) is 0 Å². The van der Waals surface area contributed by atoms with Crippen LogP contribution in [0.3, 0.4) is 0 Å². The minimum absolute atomic E-state index is 0. The lowest BCUT2D eigenvalue weighted by molar-refractivity contribution is -0.742. The number of hydrogen-bond donors (Lipinski definition) is 1. The summed E-state index contributed by atoms with van der Waals surface area (Å²) in [4.78, 5) is 27.5. The number of carbonyl (C=O) groups is 2. The summed E-state index contributed by atoms with van der Waals surface area (Å²) in [5.74, 6) is -0.842. The average molecular weight is 327 g/mol. The first-order valence-electron chi connectivity index (χ1n) is 6.13. The highest BCUT2D eigenvalue weighted by Gasteiger charge is 2.18. The first-order chi connectivity index (χ1) is 9.95. The van der Waals surface area contributed by atoms with Crippen LogP contribution in [0.25, 0.3) is 11.4 Å². The van der Waals surface area contributed by atoms with Crippen LogP contribution < -0.4 is 17.1 Å². The molecule has 2 heterocycles. The monoisotopic (exact) mass is 326 g/mol. The Balaban J connectivity index is 0.00000242. The molecule has 1 amide bonds. The number of carbonyl (C=O) groups excluding carboxylic acids is 1. The second kappa shape index (κ2) is 7.46. The van der Waals surface area contributed by atoms with Crippen LogP contribution in [0, 0.1) is 0 Å². The zero-order chi connectivity index (χ0) is 15.4. The summed E-state index contributed by atoms with van der Waals surface area (Å²) in [7, 11) is 3.20. The van der Waals surface area contributed by atoms with Crippen molar-refractivity contribution in [3.05, 3.63) is 24.8 Å². The van der Waals surface area contributed by atoms with E-state index in [0.717, 1.165) is 10.5 Å². The molecule has 0 saturated heterocycles. The van der Waals surface area contributed by atoms with Crippen molar-refractivity contribution in [1.82, 2.24) is 24.8 Å². The predicted molar refractivity (Wildman–Crippen MR) is 69.7 cm³/mol. The van der Waals surface area contributed by atoms with Crippen LogP contribution in [-0.2, 0) is 23.2 Å². The van der Waals surface area contributed by atoms with Gasteiger partial charge in [-0.1, -0.05) is 4.68 Å². The Labute approximate surface area is 132 Å². The number of aromatic nitrogens is 5. The molecule has 2 aromatic heterocycles. The van der Waals surface area contributed by atoms with Crippen molar-refractivity contribution in [2.45, 2.75) is 6.54 Å². The number of aryl methyl sites for hydroxylation is 1. The molecule has 0 aromatic carbocycles. The van der Waals surface area contributed by atoms with Gasteiger partial charge in [0.2, 0.25) is 0 Å². The van der Waals surface area contributed by atoms with E-state index in [0.29, 0.717) is 5.82 Å². The molecular formula is C12H15ClN6O3. The van der Waals surface area contributed by atoms with E-state index < -0.39 is 5.97 Å². The molecule has 0 aliphatic heterocycles. The summed E-state index contributed by atoms with van der Waals surface area (Å²) in [6, 6.07) is 1.74. The Morgan fingerprint density at radius 2 is 2.18 bits per heavy atom. The second-order valence-electron chi connectivity index (χ2n) is 4.50. The Morgan fingerprint density at radius 3 is 2.68 bits per heavy atom. The molecule has 22 heavy (non-hydrogen) atoms. The number of likely N-dealkylation sites (N-methyl/N-ethyl adjacent to an activating group) is 1. The van der Waals surface area contributed by atoms with Gasteiger partial charge in [-0.3, -0.25) is 14.3 Å². The van der Waals surface area contributed by atoms with E-state index in [9.17, 15) is 9.59 Å². The molecule has 1 N–H and O–H groups in total. The normalized spacial score (nSPS) is 9.91. The van der Waals surface area contributed by atoms with Crippen LogP contribution in [0.1, 0.15) is 0 Å². The summed E-state index contributed by atoms with van der Waals surface area (Å²) in [6.07, 6.45) is 4.76. The maximum Gasteiger partial charge on any atom is 0.323 e. The number of carboxylic acids is 1. The second-order valence-corrected chi connectivity index (χ2v) is 4.50. The summed E-state index contributed by atoms with van der Waals surface area (Å²) >= 11 is 0. The third kappa shape index (κ3) is 4.48. The zero-order valence-corrected chi connectivity index (χ0v) is 12.8. The molecule has 0 atom stereocenters. The number of nitrogens with zero attached hydrogens (tertiary/aromatic N) is 6. The number of halogens is 1. The molecule has 0 bridgehead atoms. The standard InChI is InChI=1S/C12H14N6O3.ClH/c1-16(7-11(20)21)10(19)6-18-4-3-9(5-14-18)12-13-8-17(2)15-12;/h3-5,8H,6-7H2,1-2H3;1H. The first-order valence-corrected chi connectivity index (χ1v) is 6.13. The fourth-order valence-electron chi connectivity index (χ4n) is 1.63. The van der Waals surface area contributed by atoms with Crippen molar-refractivity contribution in [3.63, 3.8) is 0 Å². The van der Waals surface area contributed by atoms with Crippen LogP contribution >= 0.6 is 0 Å². The minimum Gasteiger partial charge on any atom is -1.00 e. The zero-order valence-electron chi connectivity index (χ0n) is 12.0.